The van der Waals surface area contributed by atoms with E-state index in [-0.39, 0.29) is 11.6 Å². The predicted molar refractivity (Wildman–Crippen MR) is 101 cm³/mol. The quantitative estimate of drug-likeness (QED) is 0.644. The zero-order chi connectivity index (χ0) is 18.7. The van der Waals surface area contributed by atoms with E-state index in [1.807, 2.05) is 24.3 Å². The number of anilines is 1. The van der Waals surface area contributed by atoms with Crippen LogP contribution in [0.2, 0.25) is 5.15 Å². The molecule has 0 aliphatic heterocycles. The number of aromatic nitrogens is 1. The molecule has 26 heavy (non-hydrogen) atoms. The zero-order valence-corrected chi connectivity index (χ0v) is 15.0. The number of halogens is 2. The molecule has 6 heteroatoms. The Hall–Kier alpha value is -2.92. The second-order valence-corrected chi connectivity index (χ2v) is 6.02. The lowest BCUT2D eigenvalue weighted by Gasteiger charge is -2.15. The van der Waals surface area contributed by atoms with Gasteiger partial charge >= 0.3 is 0 Å². The normalized spacial score (nSPS) is 10.5. The van der Waals surface area contributed by atoms with Gasteiger partial charge in [-0.15, -0.1) is 0 Å². The molecule has 0 saturated carbocycles. The number of nitrogens with zero attached hydrogens (tertiary/aromatic N) is 1. The Morgan fingerprint density at radius 3 is 2.38 bits per heavy atom. The van der Waals surface area contributed by atoms with Crippen molar-refractivity contribution in [3.05, 3.63) is 65.7 Å². The van der Waals surface area contributed by atoms with Gasteiger partial charge in [-0.3, -0.25) is 4.79 Å². The standard InChI is InChI=1S/C20H16ClFN2O2/c1-12(25)24-18-7-6-13(10-17(18)22)15-4-3-5-16(20(15)26-2)14-8-9-23-19(21)11-14/h3-11H,1-2H3,(H,24,25). The van der Waals surface area contributed by atoms with Gasteiger partial charge in [0.05, 0.1) is 12.8 Å². The number of hydrogen-bond donors (Lipinski definition) is 1. The minimum Gasteiger partial charge on any atom is -0.495 e. The van der Waals surface area contributed by atoms with E-state index in [1.165, 1.54) is 19.1 Å². The van der Waals surface area contributed by atoms with E-state index < -0.39 is 5.82 Å². The Balaban J connectivity index is 2.10. The maximum atomic E-state index is 14.3. The fourth-order valence-corrected chi connectivity index (χ4v) is 2.93. The third kappa shape index (κ3) is 3.68. The third-order valence-corrected chi connectivity index (χ3v) is 4.05. The smallest absolute Gasteiger partial charge is 0.221 e. The molecule has 0 radical (unpaired) electrons. The number of hydrogen-bond acceptors (Lipinski definition) is 3. The van der Waals surface area contributed by atoms with Gasteiger partial charge in [0.25, 0.3) is 0 Å². The largest absolute Gasteiger partial charge is 0.495 e. The molecule has 0 aliphatic rings. The molecular formula is C20H16ClFN2O2. The molecule has 0 unspecified atom stereocenters. The first kappa shape index (κ1) is 17.9. The number of methoxy groups -OCH3 is 1. The minimum absolute atomic E-state index is 0.136. The number of rotatable bonds is 4. The summed E-state index contributed by atoms with van der Waals surface area (Å²) in [5.41, 5.74) is 3.17. The van der Waals surface area contributed by atoms with Crippen molar-refractivity contribution in [1.82, 2.24) is 4.98 Å². The van der Waals surface area contributed by atoms with Crippen LogP contribution in [0.25, 0.3) is 22.3 Å². The maximum Gasteiger partial charge on any atom is 0.221 e. The highest BCUT2D eigenvalue weighted by molar-refractivity contribution is 6.29. The fraction of sp³-hybridized carbons (Fsp3) is 0.100. The van der Waals surface area contributed by atoms with Crippen molar-refractivity contribution in [1.29, 1.82) is 0 Å². The molecule has 0 spiro atoms. The van der Waals surface area contributed by atoms with Gasteiger partial charge in [0.2, 0.25) is 5.91 Å². The van der Waals surface area contributed by atoms with Crippen molar-refractivity contribution >= 4 is 23.2 Å². The number of carbonyl (C=O) groups is 1. The molecule has 132 valence electrons. The molecule has 0 bridgehead atoms. The Morgan fingerprint density at radius 2 is 1.81 bits per heavy atom. The summed E-state index contributed by atoms with van der Waals surface area (Å²) in [7, 11) is 1.56. The topological polar surface area (TPSA) is 51.2 Å². The van der Waals surface area contributed by atoms with Crippen molar-refractivity contribution in [3.63, 3.8) is 0 Å². The van der Waals surface area contributed by atoms with Gasteiger partial charge in [0, 0.05) is 24.2 Å². The molecule has 1 aromatic heterocycles. The van der Waals surface area contributed by atoms with Gasteiger partial charge < -0.3 is 10.1 Å². The average Bonchev–Trinajstić information content (AvgIpc) is 2.62. The highest BCUT2D eigenvalue weighted by Crippen LogP contribution is 2.39. The van der Waals surface area contributed by atoms with Gasteiger partial charge in [0.15, 0.2) is 0 Å². The van der Waals surface area contributed by atoms with Crippen molar-refractivity contribution < 1.29 is 13.9 Å². The number of para-hydroxylation sites is 1. The van der Waals surface area contributed by atoms with E-state index in [2.05, 4.69) is 10.3 Å². The van der Waals surface area contributed by atoms with E-state index >= 15 is 0 Å². The zero-order valence-electron chi connectivity index (χ0n) is 14.2. The van der Waals surface area contributed by atoms with Crippen LogP contribution in [0.3, 0.4) is 0 Å². The third-order valence-electron chi connectivity index (χ3n) is 3.85. The van der Waals surface area contributed by atoms with E-state index in [9.17, 15) is 9.18 Å². The molecule has 0 aliphatic carbocycles. The Labute approximate surface area is 155 Å². The van der Waals surface area contributed by atoms with Crippen LogP contribution in [-0.4, -0.2) is 18.0 Å². The molecule has 0 fully saturated rings. The first-order valence-electron chi connectivity index (χ1n) is 7.86. The lowest BCUT2D eigenvalue weighted by atomic mass is 9.97. The van der Waals surface area contributed by atoms with Crippen LogP contribution in [0.4, 0.5) is 10.1 Å². The monoisotopic (exact) mass is 370 g/mol. The molecule has 3 aromatic rings. The summed E-state index contributed by atoms with van der Waals surface area (Å²) in [6, 6.07) is 13.8. The Morgan fingerprint density at radius 1 is 1.12 bits per heavy atom. The number of pyridine rings is 1. The summed E-state index contributed by atoms with van der Waals surface area (Å²) in [6.07, 6.45) is 1.62. The number of benzene rings is 2. The summed E-state index contributed by atoms with van der Waals surface area (Å²) in [5, 5.41) is 2.83. The maximum absolute atomic E-state index is 14.3. The van der Waals surface area contributed by atoms with Crippen molar-refractivity contribution in [2.45, 2.75) is 6.92 Å². The van der Waals surface area contributed by atoms with Gasteiger partial charge in [-0.05, 0) is 35.4 Å². The van der Waals surface area contributed by atoms with Crippen molar-refractivity contribution in [2.75, 3.05) is 12.4 Å². The predicted octanol–water partition coefficient (Wildman–Crippen LogP) is 5.18. The average molecular weight is 371 g/mol. The van der Waals surface area contributed by atoms with Crippen LogP contribution in [0.15, 0.2) is 54.7 Å². The van der Waals surface area contributed by atoms with Gasteiger partial charge in [0.1, 0.15) is 16.7 Å². The van der Waals surface area contributed by atoms with Crippen LogP contribution >= 0.6 is 11.6 Å². The number of amides is 1. The highest BCUT2D eigenvalue weighted by atomic mass is 35.5. The summed E-state index contributed by atoms with van der Waals surface area (Å²) < 4.78 is 19.9. The molecular weight excluding hydrogens is 355 g/mol. The number of nitrogens with one attached hydrogen (secondary N) is 1. The van der Waals surface area contributed by atoms with E-state index in [0.29, 0.717) is 16.5 Å². The minimum atomic E-state index is -0.517. The van der Waals surface area contributed by atoms with Crippen molar-refractivity contribution in [2.24, 2.45) is 0 Å². The van der Waals surface area contributed by atoms with E-state index in [4.69, 9.17) is 16.3 Å². The molecule has 0 atom stereocenters. The van der Waals surface area contributed by atoms with Gasteiger partial charge in [-0.1, -0.05) is 35.9 Å². The van der Waals surface area contributed by atoms with Crippen LogP contribution in [0.1, 0.15) is 6.92 Å². The molecule has 4 nitrogen and oxygen atoms in total. The van der Waals surface area contributed by atoms with Crippen LogP contribution in [0.5, 0.6) is 5.75 Å². The lowest BCUT2D eigenvalue weighted by molar-refractivity contribution is -0.114. The second kappa shape index (κ2) is 7.54. The van der Waals surface area contributed by atoms with Gasteiger partial charge in [-0.2, -0.15) is 0 Å². The van der Waals surface area contributed by atoms with Crippen LogP contribution in [-0.2, 0) is 4.79 Å². The highest BCUT2D eigenvalue weighted by Gasteiger charge is 2.14. The first-order chi connectivity index (χ1) is 12.5. The van der Waals surface area contributed by atoms with E-state index in [0.717, 1.165) is 16.7 Å². The lowest BCUT2D eigenvalue weighted by Crippen LogP contribution is -2.07. The molecule has 1 heterocycles. The summed E-state index contributed by atoms with van der Waals surface area (Å²) in [4.78, 5) is 15.1. The Kier molecular flexibility index (Phi) is 5.19. The summed E-state index contributed by atoms with van der Waals surface area (Å²) in [5.74, 6) is -0.246. The molecule has 2 aromatic carbocycles. The molecule has 0 saturated heterocycles. The fourth-order valence-electron chi connectivity index (χ4n) is 2.76. The molecule has 1 N–H and O–H groups in total. The summed E-state index contributed by atoms with van der Waals surface area (Å²) >= 11 is 5.99. The number of carbonyl (C=O) groups excluding carboxylic acids is 1. The Bertz CT molecular complexity index is 976. The van der Waals surface area contributed by atoms with Crippen molar-refractivity contribution in [3.8, 4) is 28.0 Å². The van der Waals surface area contributed by atoms with E-state index in [1.54, 1.807) is 25.4 Å². The van der Waals surface area contributed by atoms with Crippen LogP contribution < -0.4 is 10.1 Å². The molecule has 1 amide bonds. The SMILES string of the molecule is COc1c(-c2ccnc(Cl)c2)cccc1-c1ccc(NC(C)=O)c(F)c1. The van der Waals surface area contributed by atoms with Gasteiger partial charge in [-0.25, -0.2) is 9.37 Å². The second-order valence-electron chi connectivity index (χ2n) is 5.63. The van der Waals surface area contributed by atoms with Crippen LogP contribution in [0, 0.1) is 5.82 Å². The first-order valence-corrected chi connectivity index (χ1v) is 8.24. The number of ether oxygens (including phenoxy) is 1. The summed E-state index contributed by atoms with van der Waals surface area (Å²) in [6.45, 7) is 1.33. The molecule has 3 rings (SSSR count).